The largest absolute Gasteiger partial charge is 0.508 e. The number of benzene rings is 3. The molecule has 0 bridgehead atoms. The summed E-state index contributed by atoms with van der Waals surface area (Å²) in [5.41, 5.74) is 3.49. The van der Waals surface area contributed by atoms with Gasteiger partial charge < -0.3 is 29.3 Å². The van der Waals surface area contributed by atoms with E-state index < -0.39 is 12.3 Å². The number of hydrogen-bond acceptors (Lipinski definition) is 7. The summed E-state index contributed by atoms with van der Waals surface area (Å²) < 4.78 is 19.2. The highest BCUT2D eigenvalue weighted by Crippen LogP contribution is 2.32. The quantitative estimate of drug-likeness (QED) is 0.133. The van der Waals surface area contributed by atoms with Crippen LogP contribution in [0.4, 0.5) is 5.69 Å². The van der Waals surface area contributed by atoms with Gasteiger partial charge in [0.15, 0.2) is 18.9 Å². The molecule has 0 fully saturated rings. The lowest BCUT2D eigenvalue weighted by atomic mass is 10.1. The third-order valence-corrected chi connectivity index (χ3v) is 6.41. The smallest absolute Gasteiger partial charge is 0.343 e. The fourth-order valence-corrected chi connectivity index (χ4v) is 3.85. The number of aromatic hydroxyl groups is 1. The summed E-state index contributed by atoms with van der Waals surface area (Å²) in [6.07, 6.45) is 2.82. The van der Waals surface area contributed by atoms with Crippen LogP contribution in [0.5, 0.6) is 23.0 Å². The van der Waals surface area contributed by atoms with Gasteiger partial charge in [0.1, 0.15) is 29.6 Å². The van der Waals surface area contributed by atoms with Gasteiger partial charge in [-0.2, -0.15) is 0 Å². The zero-order chi connectivity index (χ0) is 27.9. The minimum atomic E-state index is -1.21. The summed E-state index contributed by atoms with van der Waals surface area (Å²) in [5, 5.41) is 19.8. The molecular formula is C31H33N2O6+. The Labute approximate surface area is 228 Å². The molecule has 4 rings (SSSR count). The molecule has 1 heterocycles. The zero-order valence-corrected chi connectivity index (χ0v) is 22.5. The van der Waals surface area contributed by atoms with Crippen molar-refractivity contribution in [3.05, 3.63) is 107 Å². The first-order valence-electron chi connectivity index (χ1n) is 12.6. The summed E-state index contributed by atoms with van der Waals surface area (Å²) in [5.74, 6) is 1.14. The molecule has 2 N–H and O–H groups in total. The van der Waals surface area contributed by atoms with Crippen LogP contribution in [-0.4, -0.2) is 36.9 Å². The molecule has 8 heteroatoms. The number of aliphatic hydroxyl groups is 1. The van der Waals surface area contributed by atoms with Crippen LogP contribution in [-0.2, 0) is 6.54 Å². The van der Waals surface area contributed by atoms with Crippen molar-refractivity contribution in [1.82, 2.24) is 0 Å². The van der Waals surface area contributed by atoms with Crippen LogP contribution in [0, 0.1) is 13.8 Å². The van der Waals surface area contributed by atoms with Crippen LogP contribution in [0.25, 0.3) is 0 Å². The van der Waals surface area contributed by atoms with Gasteiger partial charge in [-0.3, -0.25) is 0 Å². The number of phenolic OH excluding ortho intramolecular Hbond substituents is 1. The highest BCUT2D eigenvalue weighted by molar-refractivity contribution is 5.91. The fraction of sp³-hybridized carbons (Fsp3) is 0.226. The predicted molar refractivity (Wildman–Crippen MR) is 147 cm³/mol. The van der Waals surface area contributed by atoms with Crippen LogP contribution in [0.15, 0.2) is 85.2 Å². The number of hydrogen-bond donors (Lipinski definition) is 2. The molecule has 0 radical (unpaired) electrons. The number of aliphatic hydroxyl groups excluding tert-OH is 1. The Morgan fingerprint density at radius 2 is 1.49 bits per heavy atom. The van der Waals surface area contributed by atoms with Gasteiger partial charge in [-0.15, -0.1) is 0 Å². The second-order valence-electron chi connectivity index (χ2n) is 9.32. The van der Waals surface area contributed by atoms with Crippen molar-refractivity contribution in [2.45, 2.75) is 26.7 Å². The number of ether oxygens (including phenoxy) is 3. The molecule has 0 saturated heterocycles. The second kappa shape index (κ2) is 12.3. The second-order valence-corrected chi connectivity index (χ2v) is 9.32. The van der Waals surface area contributed by atoms with Gasteiger partial charge in [0.05, 0.1) is 5.56 Å². The maximum atomic E-state index is 12.8. The van der Waals surface area contributed by atoms with Crippen molar-refractivity contribution in [2.75, 3.05) is 25.6 Å². The maximum absolute atomic E-state index is 12.8. The molecule has 3 aromatic carbocycles. The van der Waals surface area contributed by atoms with E-state index in [-0.39, 0.29) is 5.75 Å². The van der Waals surface area contributed by atoms with Crippen LogP contribution < -0.4 is 23.7 Å². The van der Waals surface area contributed by atoms with Gasteiger partial charge >= 0.3 is 5.97 Å². The average Bonchev–Trinajstić information content (AvgIpc) is 2.93. The minimum absolute atomic E-state index is 0.104. The first kappa shape index (κ1) is 27.5. The summed E-state index contributed by atoms with van der Waals surface area (Å²) in [6.45, 7) is 4.83. The summed E-state index contributed by atoms with van der Waals surface area (Å²) in [4.78, 5) is 14.8. The average molecular weight is 530 g/mol. The maximum Gasteiger partial charge on any atom is 0.343 e. The molecule has 0 amide bonds. The van der Waals surface area contributed by atoms with E-state index >= 15 is 0 Å². The Balaban J connectivity index is 1.32. The molecule has 0 saturated carbocycles. The molecule has 8 nitrogen and oxygen atoms in total. The number of carbonyl (C=O) groups is 1. The van der Waals surface area contributed by atoms with Crippen molar-refractivity contribution in [3.8, 4) is 23.0 Å². The molecule has 1 aromatic heterocycles. The molecule has 1 unspecified atom stereocenters. The van der Waals surface area contributed by atoms with Gasteiger partial charge in [-0.25, -0.2) is 9.36 Å². The third-order valence-electron chi connectivity index (χ3n) is 6.41. The van der Waals surface area contributed by atoms with E-state index in [9.17, 15) is 15.0 Å². The Morgan fingerprint density at radius 1 is 0.872 bits per heavy atom. The minimum Gasteiger partial charge on any atom is -0.508 e. The van der Waals surface area contributed by atoms with Crippen LogP contribution in [0.2, 0.25) is 0 Å². The topological polar surface area (TPSA) is 92.3 Å². The van der Waals surface area contributed by atoms with E-state index in [0.717, 1.165) is 16.8 Å². The summed E-state index contributed by atoms with van der Waals surface area (Å²) >= 11 is 0. The van der Waals surface area contributed by atoms with Crippen molar-refractivity contribution >= 4 is 11.7 Å². The number of aromatic nitrogens is 1. The van der Waals surface area contributed by atoms with Gasteiger partial charge in [0.2, 0.25) is 6.29 Å². The van der Waals surface area contributed by atoms with Crippen molar-refractivity contribution in [2.24, 2.45) is 0 Å². The molecular weight excluding hydrogens is 496 g/mol. The van der Waals surface area contributed by atoms with E-state index in [2.05, 4.69) is 0 Å². The van der Waals surface area contributed by atoms with Gasteiger partial charge in [-0.1, -0.05) is 0 Å². The van der Waals surface area contributed by atoms with Gasteiger partial charge in [0, 0.05) is 37.5 Å². The molecule has 4 aromatic rings. The normalized spacial score (nSPS) is 11.5. The monoisotopic (exact) mass is 529 g/mol. The van der Waals surface area contributed by atoms with Crippen molar-refractivity contribution in [1.29, 1.82) is 0 Å². The molecule has 0 spiro atoms. The SMILES string of the molecule is Cc1c(OC(=O)c2ccc(OCC[n+]3ccc(N(C)C)cc3)cc2)ccc(OC(O)c2ccc(O)cc2)c1C. The fourth-order valence-electron chi connectivity index (χ4n) is 3.85. The first-order valence-corrected chi connectivity index (χ1v) is 12.6. The molecule has 0 aliphatic rings. The molecule has 1 atom stereocenters. The molecule has 0 aliphatic heterocycles. The lowest BCUT2D eigenvalue weighted by Gasteiger charge is -2.18. The number of esters is 1. The number of rotatable bonds is 10. The highest BCUT2D eigenvalue weighted by atomic mass is 16.6. The van der Waals surface area contributed by atoms with Crippen LogP contribution in [0.1, 0.15) is 33.3 Å². The van der Waals surface area contributed by atoms with E-state index in [0.29, 0.717) is 41.5 Å². The van der Waals surface area contributed by atoms with Crippen molar-refractivity contribution in [3.63, 3.8) is 0 Å². The van der Waals surface area contributed by atoms with E-state index in [1.54, 1.807) is 48.5 Å². The number of nitrogens with zero attached hydrogens (tertiary/aromatic N) is 2. The Morgan fingerprint density at radius 3 is 2.13 bits per heavy atom. The number of anilines is 1. The van der Waals surface area contributed by atoms with Crippen molar-refractivity contribution < 1.29 is 33.8 Å². The van der Waals surface area contributed by atoms with Crippen LogP contribution >= 0.6 is 0 Å². The first-order chi connectivity index (χ1) is 18.7. The molecule has 202 valence electrons. The Bertz CT molecular complexity index is 1400. The molecule has 0 aliphatic carbocycles. The number of phenols is 1. The number of pyridine rings is 1. The Kier molecular flexibility index (Phi) is 8.68. The Hall–Kier alpha value is -4.56. The van der Waals surface area contributed by atoms with Gasteiger partial charge in [0.25, 0.3) is 0 Å². The molecule has 39 heavy (non-hydrogen) atoms. The van der Waals surface area contributed by atoms with E-state index in [1.165, 1.54) is 12.1 Å². The summed E-state index contributed by atoms with van der Waals surface area (Å²) in [6, 6.07) is 20.3. The van der Waals surface area contributed by atoms with Gasteiger partial charge in [-0.05, 0) is 85.6 Å². The summed E-state index contributed by atoms with van der Waals surface area (Å²) in [7, 11) is 4.01. The highest BCUT2D eigenvalue weighted by Gasteiger charge is 2.17. The van der Waals surface area contributed by atoms with E-state index in [4.69, 9.17) is 14.2 Å². The number of carbonyl (C=O) groups excluding carboxylic acids is 1. The zero-order valence-electron chi connectivity index (χ0n) is 22.5. The predicted octanol–water partition coefficient (Wildman–Crippen LogP) is 4.73. The van der Waals surface area contributed by atoms with E-state index in [1.807, 2.05) is 61.9 Å². The standard InChI is InChI=1S/C31H32N2O6/c1-21-22(2)29(14-13-28(21)38-30(35)23-5-9-26(34)10-6-23)39-31(36)24-7-11-27(12-8-24)37-20-19-33-17-15-25(16-18-33)32(3)4/h5-18,30,35H,19-20H2,1-4H3/p+1. The third kappa shape index (κ3) is 7.06. The lowest BCUT2D eigenvalue weighted by molar-refractivity contribution is -0.697. The lowest BCUT2D eigenvalue weighted by Crippen LogP contribution is -2.35. The van der Waals surface area contributed by atoms with Crippen LogP contribution in [0.3, 0.4) is 0 Å².